The van der Waals surface area contributed by atoms with Crippen molar-refractivity contribution in [1.82, 2.24) is 0 Å². The molecule has 0 saturated carbocycles. The van der Waals surface area contributed by atoms with Crippen molar-refractivity contribution in [2.24, 2.45) is 0 Å². The Bertz CT molecular complexity index is 324. The van der Waals surface area contributed by atoms with E-state index in [0.717, 1.165) is 11.3 Å². The quantitative estimate of drug-likeness (QED) is 0.602. The topological polar surface area (TPSA) is 9.23 Å². The van der Waals surface area contributed by atoms with Crippen LogP contribution >= 0.6 is 0 Å². The largest absolute Gasteiger partial charge is 0.483 e. The van der Waals surface area contributed by atoms with Crippen LogP contribution in [0.5, 0.6) is 5.75 Å². The van der Waals surface area contributed by atoms with E-state index in [2.05, 4.69) is 32.1 Å². The Morgan fingerprint density at radius 2 is 1.50 bits per heavy atom. The predicted molar refractivity (Wildman–Crippen MR) is 72.9 cm³/mol. The first-order chi connectivity index (χ1) is 7.67. The molecule has 16 heavy (non-hydrogen) atoms. The number of benzene rings is 1. The third-order valence-corrected chi connectivity index (χ3v) is 1.96. The maximum atomic E-state index is 5.73. The highest BCUT2D eigenvalue weighted by atomic mass is 16.5. The zero-order valence-electron chi connectivity index (χ0n) is 11.4. The monoisotopic (exact) mass is 220 g/mol. The summed E-state index contributed by atoms with van der Waals surface area (Å²) >= 11 is 0. The lowest BCUT2D eigenvalue weighted by Crippen LogP contribution is -2.27. The van der Waals surface area contributed by atoms with Gasteiger partial charge in [0.1, 0.15) is 11.4 Å². The van der Waals surface area contributed by atoms with Gasteiger partial charge in [-0.05, 0) is 26.0 Å². The van der Waals surface area contributed by atoms with E-state index in [9.17, 15) is 0 Å². The van der Waals surface area contributed by atoms with Gasteiger partial charge in [-0.3, -0.25) is 0 Å². The molecule has 2 rings (SSSR count). The number of ether oxygens (including phenoxy) is 1. The van der Waals surface area contributed by atoms with Crippen molar-refractivity contribution in [3.63, 3.8) is 0 Å². The van der Waals surface area contributed by atoms with Gasteiger partial charge in [0.25, 0.3) is 0 Å². The maximum absolute atomic E-state index is 5.73. The molecule has 1 aromatic carbocycles. The van der Waals surface area contributed by atoms with Crippen molar-refractivity contribution in [1.29, 1.82) is 0 Å². The normalized spacial score (nSPS) is 14.4. The fraction of sp³-hybridized carbons (Fsp3) is 0.467. The maximum Gasteiger partial charge on any atom is 0.127 e. The molecule has 0 bridgehead atoms. The molecule has 0 N–H and O–H groups in total. The standard InChI is InChI=1S/C11H12O.2C2H6/c1-11(2)8-7-9-5-3-4-6-10(9)12-11;2*1-2/h3-8H,1-2H3;2*1-2H3. The van der Waals surface area contributed by atoms with Crippen molar-refractivity contribution in [3.8, 4) is 5.75 Å². The van der Waals surface area contributed by atoms with Gasteiger partial charge in [0.2, 0.25) is 0 Å². The summed E-state index contributed by atoms with van der Waals surface area (Å²) in [5.41, 5.74) is 1.01. The van der Waals surface area contributed by atoms with Crippen LogP contribution in [0, 0.1) is 0 Å². The fourth-order valence-electron chi connectivity index (χ4n) is 1.32. The third kappa shape index (κ3) is 4.09. The highest BCUT2D eigenvalue weighted by Gasteiger charge is 2.20. The van der Waals surface area contributed by atoms with Crippen LogP contribution in [0.25, 0.3) is 6.08 Å². The minimum Gasteiger partial charge on any atom is -0.483 e. The van der Waals surface area contributed by atoms with Crippen LogP contribution in [0.1, 0.15) is 47.1 Å². The first kappa shape index (κ1) is 14.8. The van der Waals surface area contributed by atoms with Gasteiger partial charge < -0.3 is 4.74 Å². The van der Waals surface area contributed by atoms with Crippen molar-refractivity contribution < 1.29 is 4.74 Å². The van der Waals surface area contributed by atoms with Crippen molar-refractivity contribution >= 4 is 6.08 Å². The van der Waals surface area contributed by atoms with Gasteiger partial charge in [-0.15, -0.1) is 0 Å². The molecule has 0 amide bonds. The molecule has 1 heterocycles. The van der Waals surface area contributed by atoms with E-state index in [0.29, 0.717) is 0 Å². The molecule has 90 valence electrons. The van der Waals surface area contributed by atoms with Gasteiger partial charge in [-0.1, -0.05) is 52.0 Å². The average molecular weight is 220 g/mol. The van der Waals surface area contributed by atoms with Gasteiger partial charge >= 0.3 is 0 Å². The summed E-state index contributed by atoms with van der Waals surface area (Å²) in [5, 5.41) is 0. The summed E-state index contributed by atoms with van der Waals surface area (Å²) in [6, 6.07) is 8.07. The van der Waals surface area contributed by atoms with E-state index in [1.807, 2.05) is 45.9 Å². The molecule has 1 nitrogen and oxygen atoms in total. The smallest absolute Gasteiger partial charge is 0.127 e. The first-order valence-electron chi connectivity index (χ1n) is 6.15. The van der Waals surface area contributed by atoms with Crippen molar-refractivity contribution in [2.45, 2.75) is 47.1 Å². The number of para-hydroxylation sites is 1. The zero-order chi connectivity index (χ0) is 12.6. The van der Waals surface area contributed by atoms with Gasteiger partial charge in [0, 0.05) is 5.56 Å². The molecule has 0 saturated heterocycles. The van der Waals surface area contributed by atoms with Gasteiger partial charge in [0.05, 0.1) is 0 Å². The highest BCUT2D eigenvalue weighted by molar-refractivity contribution is 5.60. The van der Waals surface area contributed by atoms with Gasteiger partial charge in [0.15, 0.2) is 0 Å². The summed E-state index contributed by atoms with van der Waals surface area (Å²) in [4.78, 5) is 0. The molecule has 1 aromatic rings. The van der Waals surface area contributed by atoms with E-state index in [-0.39, 0.29) is 5.60 Å². The van der Waals surface area contributed by atoms with Crippen LogP contribution in [0.4, 0.5) is 0 Å². The second-order valence-corrected chi connectivity index (χ2v) is 3.58. The molecular formula is C15H24O. The molecule has 1 aliphatic heterocycles. The Morgan fingerprint density at radius 1 is 0.938 bits per heavy atom. The summed E-state index contributed by atoms with van der Waals surface area (Å²) in [7, 11) is 0. The summed E-state index contributed by atoms with van der Waals surface area (Å²) in [5.74, 6) is 0.977. The van der Waals surface area contributed by atoms with Crippen LogP contribution in [0.2, 0.25) is 0 Å². The second-order valence-electron chi connectivity index (χ2n) is 3.58. The molecule has 1 heteroatoms. The molecular weight excluding hydrogens is 196 g/mol. The fourth-order valence-corrected chi connectivity index (χ4v) is 1.32. The van der Waals surface area contributed by atoms with E-state index in [1.54, 1.807) is 0 Å². The number of rotatable bonds is 0. The molecule has 1 aliphatic rings. The Hall–Kier alpha value is -1.24. The van der Waals surface area contributed by atoms with Gasteiger partial charge in [-0.2, -0.15) is 0 Å². The Balaban J connectivity index is 0.000000509. The van der Waals surface area contributed by atoms with Crippen molar-refractivity contribution in [3.05, 3.63) is 35.9 Å². The van der Waals surface area contributed by atoms with Crippen molar-refractivity contribution in [2.75, 3.05) is 0 Å². The van der Waals surface area contributed by atoms with E-state index >= 15 is 0 Å². The highest BCUT2D eigenvalue weighted by Crippen LogP contribution is 2.29. The lowest BCUT2D eigenvalue weighted by Gasteiger charge is -2.27. The third-order valence-electron chi connectivity index (χ3n) is 1.96. The van der Waals surface area contributed by atoms with Crippen LogP contribution in [0.15, 0.2) is 30.3 Å². The summed E-state index contributed by atoms with van der Waals surface area (Å²) in [6.07, 6.45) is 4.19. The summed E-state index contributed by atoms with van der Waals surface area (Å²) in [6.45, 7) is 12.1. The Morgan fingerprint density at radius 3 is 2.12 bits per heavy atom. The zero-order valence-corrected chi connectivity index (χ0v) is 11.4. The summed E-state index contributed by atoms with van der Waals surface area (Å²) < 4.78 is 5.73. The van der Waals surface area contributed by atoms with E-state index < -0.39 is 0 Å². The SMILES string of the molecule is CC.CC.CC1(C)C=Cc2ccccc2O1. The predicted octanol–water partition coefficient (Wildman–Crippen LogP) is 4.92. The molecule has 0 aromatic heterocycles. The van der Waals surface area contributed by atoms with Crippen LogP contribution in [-0.2, 0) is 0 Å². The Labute approximate surface area is 100 Å². The second kappa shape index (κ2) is 7.10. The first-order valence-corrected chi connectivity index (χ1v) is 6.15. The van der Waals surface area contributed by atoms with Crippen LogP contribution in [-0.4, -0.2) is 5.60 Å². The minimum atomic E-state index is -0.158. The Kier molecular flexibility index (Phi) is 6.55. The molecule has 0 radical (unpaired) electrons. The minimum absolute atomic E-state index is 0.158. The number of fused-ring (bicyclic) bond motifs is 1. The molecule has 0 spiro atoms. The number of hydrogen-bond donors (Lipinski definition) is 0. The van der Waals surface area contributed by atoms with E-state index in [1.165, 1.54) is 0 Å². The van der Waals surface area contributed by atoms with Crippen LogP contribution < -0.4 is 4.74 Å². The average Bonchev–Trinajstić information content (AvgIpc) is 2.33. The molecule has 0 unspecified atom stereocenters. The lowest BCUT2D eigenvalue weighted by atomic mass is 10.0. The van der Waals surface area contributed by atoms with E-state index in [4.69, 9.17) is 4.74 Å². The lowest BCUT2D eigenvalue weighted by molar-refractivity contribution is 0.159. The van der Waals surface area contributed by atoms with Gasteiger partial charge in [-0.25, -0.2) is 0 Å². The number of hydrogen-bond acceptors (Lipinski definition) is 1. The molecule has 0 atom stereocenters. The molecule has 0 aliphatic carbocycles. The molecule has 0 fully saturated rings. The van der Waals surface area contributed by atoms with Crippen LogP contribution in [0.3, 0.4) is 0 Å².